The molecule has 3 N–H and O–H groups in total. The van der Waals surface area contributed by atoms with Gasteiger partial charge in [-0.3, -0.25) is 9.59 Å². The Morgan fingerprint density at radius 3 is 2.67 bits per heavy atom. The van der Waals surface area contributed by atoms with Gasteiger partial charge in [0.25, 0.3) is 5.91 Å². The number of aromatic nitrogens is 1. The van der Waals surface area contributed by atoms with Gasteiger partial charge in [-0.1, -0.05) is 11.6 Å². The Labute approximate surface area is 110 Å². The number of pyridine rings is 1. The molecule has 0 unspecified atom stereocenters. The van der Waals surface area contributed by atoms with Gasteiger partial charge in [0.05, 0.1) is 11.6 Å². The molecule has 6 nitrogen and oxygen atoms in total. The van der Waals surface area contributed by atoms with Gasteiger partial charge in [0.15, 0.2) is 0 Å². The van der Waals surface area contributed by atoms with Crippen molar-refractivity contribution in [3.8, 4) is 0 Å². The molecule has 0 aromatic carbocycles. The van der Waals surface area contributed by atoms with Crippen LogP contribution in [-0.4, -0.2) is 36.9 Å². The molecule has 0 radical (unpaired) electrons. The molecule has 18 heavy (non-hydrogen) atoms. The second-order valence-electron chi connectivity index (χ2n) is 3.41. The molecule has 0 saturated carbocycles. The summed E-state index contributed by atoms with van der Waals surface area (Å²) >= 11 is 5.87. The average molecular weight is 271 g/mol. The Morgan fingerprint density at radius 2 is 2.06 bits per heavy atom. The summed E-state index contributed by atoms with van der Waals surface area (Å²) in [6, 6.07) is 3.23. The number of carbonyl (C=O) groups is 2. The topological polar surface area (TPSA) is 83.1 Å². The lowest BCUT2D eigenvalue weighted by molar-refractivity contribution is -0.120. The fourth-order valence-electron chi connectivity index (χ4n) is 1.24. The van der Waals surface area contributed by atoms with E-state index in [9.17, 15) is 9.59 Å². The fourth-order valence-corrected chi connectivity index (χ4v) is 1.44. The first-order chi connectivity index (χ1) is 8.58. The van der Waals surface area contributed by atoms with E-state index in [0.717, 1.165) is 0 Å². The van der Waals surface area contributed by atoms with Crippen LogP contribution in [0.25, 0.3) is 0 Å². The van der Waals surface area contributed by atoms with Crippen molar-refractivity contribution in [2.75, 3.05) is 25.5 Å². The van der Waals surface area contributed by atoms with Gasteiger partial charge in [0.2, 0.25) is 5.91 Å². The van der Waals surface area contributed by atoms with Crippen molar-refractivity contribution in [1.29, 1.82) is 0 Å². The van der Waals surface area contributed by atoms with Crippen molar-refractivity contribution < 1.29 is 9.59 Å². The first-order valence-corrected chi connectivity index (χ1v) is 5.85. The van der Waals surface area contributed by atoms with Gasteiger partial charge in [-0.05, 0) is 19.1 Å². The quantitative estimate of drug-likeness (QED) is 0.733. The molecule has 0 bridgehead atoms. The minimum Gasteiger partial charge on any atom is -0.373 e. The van der Waals surface area contributed by atoms with Crippen molar-refractivity contribution in [3.05, 3.63) is 22.8 Å². The Kier molecular flexibility index (Phi) is 5.38. The van der Waals surface area contributed by atoms with Crippen molar-refractivity contribution in [2.45, 2.75) is 6.92 Å². The molecule has 0 atom stereocenters. The lowest BCUT2D eigenvalue weighted by Gasteiger charge is -2.07. The number of hydrogen-bond donors (Lipinski definition) is 3. The van der Waals surface area contributed by atoms with E-state index >= 15 is 0 Å². The van der Waals surface area contributed by atoms with Crippen molar-refractivity contribution in [1.82, 2.24) is 15.6 Å². The number of hydrogen-bond acceptors (Lipinski definition) is 4. The summed E-state index contributed by atoms with van der Waals surface area (Å²) in [5.74, 6) is -0.211. The lowest BCUT2D eigenvalue weighted by atomic mass is 10.3. The van der Waals surface area contributed by atoms with Gasteiger partial charge in [-0.25, -0.2) is 4.98 Å². The first kappa shape index (κ1) is 14.2. The maximum atomic E-state index is 11.8. The second kappa shape index (κ2) is 6.80. The zero-order chi connectivity index (χ0) is 13.5. The van der Waals surface area contributed by atoms with Crippen LogP contribution in [0, 0.1) is 0 Å². The summed E-state index contributed by atoms with van der Waals surface area (Å²) in [6.07, 6.45) is 0. The highest BCUT2D eigenvalue weighted by Crippen LogP contribution is 2.16. The second-order valence-corrected chi connectivity index (χ2v) is 3.82. The standard InChI is InChI=1S/C11H15ClN4O2/c1-3-14-9(17)6-15-11(18)10-7(12)4-5-8(13-2)16-10/h4-5H,3,6H2,1-2H3,(H,13,16)(H,14,17)(H,15,18). The van der Waals surface area contributed by atoms with Crippen LogP contribution >= 0.6 is 11.6 Å². The molecule has 0 aliphatic heterocycles. The van der Waals surface area contributed by atoms with Gasteiger partial charge < -0.3 is 16.0 Å². The summed E-state index contributed by atoms with van der Waals surface area (Å²) < 4.78 is 0. The average Bonchev–Trinajstić information content (AvgIpc) is 2.37. The summed E-state index contributed by atoms with van der Waals surface area (Å²) in [5, 5.41) is 8.06. The number of carbonyl (C=O) groups excluding carboxylic acids is 2. The third-order valence-electron chi connectivity index (χ3n) is 2.10. The maximum Gasteiger partial charge on any atom is 0.271 e. The molecular weight excluding hydrogens is 256 g/mol. The Balaban J connectivity index is 2.69. The van der Waals surface area contributed by atoms with Crippen LogP contribution in [0.4, 0.5) is 5.82 Å². The highest BCUT2D eigenvalue weighted by molar-refractivity contribution is 6.33. The van der Waals surface area contributed by atoms with Crippen LogP contribution in [0.3, 0.4) is 0 Å². The molecule has 0 aliphatic carbocycles. The molecule has 0 spiro atoms. The summed E-state index contributed by atoms with van der Waals surface area (Å²) in [4.78, 5) is 27.0. The molecule has 7 heteroatoms. The number of nitrogens with one attached hydrogen (secondary N) is 3. The van der Waals surface area contributed by atoms with Gasteiger partial charge in [0.1, 0.15) is 11.5 Å². The van der Waals surface area contributed by atoms with E-state index < -0.39 is 5.91 Å². The zero-order valence-electron chi connectivity index (χ0n) is 10.2. The molecule has 1 aromatic heterocycles. The largest absolute Gasteiger partial charge is 0.373 e. The Hall–Kier alpha value is -1.82. The van der Waals surface area contributed by atoms with Crippen molar-refractivity contribution >= 4 is 29.2 Å². The molecule has 1 heterocycles. The van der Waals surface area contributed by atoms with Crippen LogP contribution in [0.5, 0.6) is 0 Å². The third-order valence-corrected chi connectivity index (χ3v) is 2.41. The van der Waals surface area contributed by atoms with Gasteiger partial charge in [-0.15, -0.1) is 0 Å². The van der Waals surface area contributed by atoms with Crippen molar-refractivity contribution in [2.24, 2.45) is 0 Å². The van der Waals surface area contributed by atoms with E-state index in [-0.39, 0.29) is 23.2 Å². The summed E-state index contributed by atoms with van der Waals surface area (Å²) in [7, 11) is 1.69. The third kappa shape index (κ3) is 3.89. The predicted octanol–water partition coefficient (Wildman–Crippen LogP) is 0.643. The van der Waals surface area contributed by atoms with Crippen LogP contribution in [-0.2, 0) is 4.79 Å². The monoisotopic (exact) mass is 270 g/mol. The first-order valence-electron chi connectivity index (χ1n) is 5.47. The zero-order valence-corrected chi connectivity index (χ0v) is 11.0. The smallest absolute Gasteiger partial charge is 0.271 e. The summed E-state index contributed by atoms with van der Waals surface area (Å²) in [5.41, 5.74) is 0.0906. The molecule has 0 aliphatic rings. The molecule has 98 valence electrons. The number of anilines is 1. The molecule has 2 amide bonds. The van der Waals surface area contributed by atoms with E-state index in [1.165, 1.54) is 0 Å². The number of rotatable bonds is 5. The fraction of sp³-hybridized carbons (Fsp3) is 0.364. The maximum absolute atomic E-state index is 11.8. The molecule has 0 saturated heterocycles. The normalized spacial score (nSPS) is 9.72. The number of nitrogens with zero attached hydrogens (tertiary/aromatic N) is 1. The van der Waals surface area contributed by atoms with Crippen molar-refractivity contribution in [3.63, 3.8) is 0 Å². The molecular formula is C11H15ClN4O2. The molecule has 1 aromatic rings. The van der Waals surface area contributed by atoms with E-state index in [0.29, 0.717) is 12.4 Å². The number of likely N-dealkylation sites (N-methyl/N-ethyl adjacent to an activating group) is 1. The number of amides is 2. The summed E-state index contributed by atoms with van der Waals surface area (Å²) in [6.45, 7) is 2.21. The number of halogens is 1. The van der Waals surface area contributed by atoms with Crippen LogP contribution in [0.2, 0.25) is 5.02 Å². The van der Waals surface area contributed by atoms with E-state index in [1.54, 1.807) is 26.1 Å². The van der Waals surface area contributed by atoms with Gasteiger partial charge in [-0.2, -0.15) is 0 Å². The predicted molar refractivity (Wildman–Crippen MR) is 69.8 cm³/mol. The highest BCUT2D eigenvalue weighted by atomic mass is 35.5. The van der Waals surface area contributed by atoms with Gasteiger partial charge in [0, 0.05) is 13.6 Å². The highest BCUT2D eigenvalue weighted by Gasteiger charge is 2.13. The molecule has 0 fully saturated rings. The van der Waals surface area contributed by atoms with Gasteiger partial charge >= 0.3 is 0 Å². The SMILES string of the molecule is CCNC(=O)CNC(=O)c1nc(NC)ccc1Cl. The minimum absolute atomic E-state index is 0.0906. The van der Waals surface area contributed by atoms with Crippen LogP contribution in [0.1, 0.15) is 17.4 Å². The van der Waals surface area contributed by atoms with E-state index in [4.69, 9.17) is 11.6 Å². The Bertz CT molecular complexity index is 451. The van der Waals surface area contributed by atoms with Crippen LogP contribution in [0.15, 0.2) is 12.1 Å². The van der Waals surface area contributed by atoms with Crippen LogP contribution < -0.4 is 16.0 Å². The van der Waals surface area contributed by atoms with E-state index in [2.05, 4.69) is 20.9 Å². The molecule has 1 rings (SSSR count). The van der Waals surface area contributed by atoms with E-state index in [1.807, 2.05) is 0 Å². The Morgan fingerprint density at radius 1 is 1.33 bits per heavy atom. The lowest BCUT2D eigenvalue weighted by Crippen LogP contribution is -2.37. The minimum atomic E-state index is -0.483.